The van der Waals surface area contributed by atoms with Crippen LogP contribution >= 0.6 is 0 Å². The third-order valence-electron chi connectivity index (χ3n) is 3.07. The molecule has 5 nitrogen and oxygen atoms in total. The van der Waals surface area contributed by atoms with E-state index in [-0.39, 0.29) is 11.8 Å². The van der Waals surface area contributed by atoms with Gasteiger partial charge in [-0.05, 0) is 12.0 Å². The van der Waals surface area contributed by atoms with E-state index in [9.17, 15) is 4.79 Å². The van der Waals surface area contributed by atoms with Crippen molar-refractivity contribution in [1.82, 2.24) is 15.1 Å². The third-order valence-corrected chi connectivity index (χ3v) is 3.07. The lowest BCUT2D eigenvalue weighted by molar-refractivity contribution is 0.0933. The quantitative estimate of drug-likeness (QED) is 0.911. The predicted molar refractivity (Wildman–Crippen MR) is 72.4 cm³/mol. The number of aromatic nitrogens is 2. The van der Waals surface area contributed by atoms with Crippen molar-refractivity contribution in [2.24, 2.45) is 13.0 Å². The Balaban J connectivity index is 2.35. The second kappa shape index (κ2) is 5.11. The Labute approximate surface area is 111 Å². The molecule has 2 rings (SSSR count). The topological polar surface area (TPSA) is 70.7 Å². The number of carbonyl (C=O) groups excluding carboxylic acids is 1. The molecule has 1 atom stereocenters. The minimum absolute atomic E-state index is 0.0592. The van der Waals surface area contributed by atoms with Crippen LogP contribution < -0.4 is 5.32 Å². The van der Waals surface area contributed by atoms with Crippen molar-refractivity contribution in [3.8, 4) is 6.07 Å². The van der Waals surface area contributed by atoms with Crippen LogP contribution in [0.1, 0.15) is 24.3 Å². The van der Waals surface area contributed by atoms with E-state index in [0.29, 0.717) is 5.69 Å². The molecule has 1 unspecified atom stereocenters. The van der Waals surface area contributed by atoms with E-state index in [1.54, 1.807) is 11.7 Å². The first-order chi connectivity index (χ1) is 9.04. The molecule has 0 radical (unpaired) electrons. The van der Waals surface area contributed by atoms with Crippen LogP contribution in [0.25, 0.3) is 10.9 Å². The maximum atomic E-state index is 12.2. The molecule has 0 fully saturated rings. The van der Waals surface area contributed by atoms with Gasteiger partial charge in [-0.15, -0.1) is 0 Å². The standard InChI is InChI=1S/C14H16N4O/c1-9(2)11(8-15)16-14(19)13-10-6-4-5-7-12(10)18(3)17-13/h4-7,9,11H,1-3H3,(H,16,19). The van der Waals surface area contributed by atoms with Crippen molar-refractivity contribution in [3.63, 3.8) is 0 Å². The number of hydrogen-bond donors (Lipinski definition) is 1. The summed E-state index contributed by atoms with van der Waals surface area (Å²) in [5, 5.41) is 16.8. The van der Waals surface area contributed by atoms with E-state index in [4.69, 9.17) is 5.26 Å². The number of benzene rings is 1. The number of aryl methyl sites for hydroxylation is 1. The molecule has 0 saturated carbocycles. The smallest absolute Gasteiger partial charge is 0.273 e. The average Bonchev–Trinajstić information content (AvgIpc) is 2.73. The van der Waals surface area contributed by atoms with Crippen molar-refractivity contribution in [3.05, 3.63) is 30.0 Å². The van der Waals surface area contributed by atoms with E-state index < -0.39 is 6.04 Å². The molecule has 1 heterocycles. The summed E-state index contributed by atoms with van der Waals surface area (Å²) in [6.07, 6.45) is 0. The molecule has 0 aliphatic carbocycles. The number of nitrogens with zero attached hydrogens (tertiary/aromatic N) is 3. The van der Waals surface area contributed by atoms with Gasteiger partial charge in [0.15, 0.2) is 5.69 Å². The van der Waals surface area contributed by atoms with E-state index in [0.717, 1.165) is 10.9 Å². The highest BCUT2D eigenvalue weighted by molar-refractivity contribution is 6.05. The van der Waals surface area contributed by atoms with Crippen LogP contribution in [0.3, 0.4) is 0 Å². The average molecular weight is 256 g/mol. The van der Waals surface area contributed by atoms with Crippen LogP contribution in [0, 0.1) is 17.2 Å². The Bertz CT molecular complexity index is 651. The lowest BCUT2D eigenvalue weighted by Crippen LogP contribution is -2.37. The molecular formula is C14H16N4O. The van der Waals surface area contributed by atoms with E-state index in [1.807, 2.05) is 38.1 Å². The molecule has 1 N–H and O–H groups in total. The molecule has 0 aliphatic rings. The van der Waals surface area contributed by atoms with Gasteiger partial charge in [0.25, 0.3) is 5.91 Å². The summed E-state index contributed by atoms with van der Waals surface area (Å²) in [4.78, 5) is 12.2. The zero-order valence-corrected chi connectivity index (χ0v) is 11.2. The molecule has 98 valence electrons. The SMILES string of the molecule is CC(C)C(C#N)NC(=O)c1nn(C)c2ccccc12. The van der Waals surface area contributed by atoms with Gasteiger partial charge in [-0.2, -0.15) is 10.4 Å². The first kappa shape index (κ1) is 13.1. The highest BCUT2D eigenvalue weighted by atomic mass is 16.2. The molecule has 19 heavy (non-hydrogen) atoms. The molecular weight excluding hydrogens is 240 g/mol. The van der Waals surface area contributed by atoms with Crippen molar-refractivity contribution in [2.75, 3.05) is 0 Å². The maximum absolute atomic E-state index is 12.2. The fourth-order valence-corrected chi connectivity index (χ4v) is 1.94. The van der Waals surface area contributed by atoms with Crippen molar-refractivity contribution in [2.45, 2.75) is 19.9 Å². The molecule has 0 bridgehead atoms. The normalized spacial score (nSPS) is 12.4. The highest BCUT2D eigenvalue weighted by Gasteiger charge is 2.20. The van der Waals surface area contributed by atoms with Gasteiger partial charge in [0.05, 0.1) is 11.6 Å². The number of hydrogen-bond acceptors (Lipinski definition) is 3. The van der Waals surface area contributed by atoms with Gasteiger partial charge in [-0.3, -0.25) is 9.48 Å². The van der Waals surface area contributed by atoms with E-state index in [1.165, 1.54) is 0 Å². The summed E-state index contributed by atoms with van der Waals surface area (Å²) in [5.74, 6) is -0.249. The van der Waals surface area contributed by atoms with Gasteiger partial charge in [-0.1, -0.05) is 32.0 Å². The van der Waals surface area contributed by atoms with E-state index in [2.05, 4.69) is 16.5 Å². The van der Waals surface area contributed by atoms with Gasteiger partial charge in [0.2, 0.25) is 0 Å². The number of nitrogens with one attached hydrogen (secondary N) is 1. The number of para-hydroxylation sites is 1. The maximum Gasteiger partial charge on any atom is 0.273 e. The number of fused-ring (bicyclic) bond motifs is 1. The third kappa shape index (κ3) is 2.43. The van der Waals surface area contributed by atoms with Crippen LogP contribution in [-0.2, 0) is 7.05 Å². The first-order valence-corrected chi connectivity index (χ1v) is 6.16. The molecule has 1 aromatic heterocycles. The van der Waals surface area contributed by atoms with Crippen molar-refractivity contribution < 1.29 is 4.79 Å². The van der Waals surface area contributed by atoms with Gasteiger partial charge >= 0.3 is 0 Å². The molecule has 2 aromatic rings. The second-order valence-corrected chi connectivity index (χ2v) is 4.81. The molecule has 1 amide bonds. The Hall–Kier alpha value is -2.35. The highest BCUT2D eigenvalue weighted by Crippen LogP contribution is 2.17. The zero-order chi connectivity index (χ0) is 14.0. The lowest BCUT2D eigenvalue weighted by atomic mass is 10.1. The van der Waals surface area contributed by atoms with Gasteiger partial charge in [-0.25, -0.2) is 0 Å². The van der Waals surface area contributed by atoms with Crippen molar-refractivity contribution >= 4 is 16.8 Å². The Morgan fingerprint density at radius 2 is 2.11 bits per heavy atom. The summed E-state index contributed by atoms with van der Waals surface area (Å²) in [6, 6.07) is 9.11. The number of carbonyl (C=O) groups is 1. The van der Waals surface area contributed by atoms with E-state index >= 15 is 0 Å². The fourth-order valence-electron chi connectivity index (χ4n) is 1.94. The van der Waals surface area contributed by atoms with Crippen LogP contribution in [0.15, 0.2) is 24.3 Å². The first-order valence-electron chi connectivity index (χ1n) is 6.16. The fraction of sp³-hybridized carbons (Fsp3) is 0.357. The summed E-state index contributed by atoms with van der Waals surface area (Å²) in [5.41, 5.74) is 1.25. The monoisotopic (exact) mass is 256 g/mol. The van der Waals surface area contributed by atoms with Crippen molar-refractivity contribution in [1.29, 1.82) is 5.26 Å². The zero-order valence-electron chi connectivity index (χ0n) is 11.2. The minimum atomic E-state index is -0.506. The number of nitriles is 1. The second-order valence-electron chi connectivity index (χ2n) is 4.81. The molecule has 1 aromatic carbocycles. The Morgan fingerprint density at radius 1 is 1.42 bits per heavy atom. The molecule has 0 spiro atoms. The number of amides is 1. The minimum Gasteiger partial charge on any atom is -0.335 e. The predicted octanol–water partition coefficient (Wildman–Crippen LogP) is 1.85. The molecule has 0 aliphatic heterocycles. The van der Waals surface area contributed by atoms with Gasteiger partial charge in [0, 0.05) is 12.4 Å². The lowest BCUT2D eigenvalue weighted by Gasteiger charge is -2.13. The summed E-state index contributed by atoms with van der Waals surface area (Å²) >= 11 is 0. The van der Waals surface area contributed by atoms with Crippen LogP contribution in [-0.4, -0.2) is 21.7 Å². The largest absolute Gasteiger partial charge is 0.335 e. The van der Waals surface area contributed by atoms with Crippen LogP contribution in [0.2, 0.25) is 0 Å². The summed E-state index contributed by atoms with van der Waals surface area (Å²) < 4.78 is 1.67. The van der Waals surface area contributed by atoms with Gasteiger partial charge in [0.1, 0.15) is 6.04 Å². The Kier molecular flexibility index (Phi) is 3.52. The van der Waals surface area contributed by atoms with Gasteiger partial charge < -0.3 is 5.32 Å². The molecule has 0 saturated heterocycles. The summed E-state index contributed by atoms with van der Waals surface area (Å²) in [6.45, 7) is 3.79. The Morgan fingerprint density at radius 3 is 2.74 bits per heavy atom. The van der Waals surface area contributed by atoms with Crippen LogP contribution in [0.4, 0.5) is 0 Å². The van der Waals surface area contributed by atoms with Crippen LogP contribution in [0.5, 0.6) is 0 Å². The number of rotatable bonds is 3. The molecule has 5 heteroatoms. The summed E-state index contributed by atoms with van der Waals surface area (Å²) in [7, 11) is 1.79.